The van der Waals surface area contributed by atoms with Crippen LogP contribution in [0.15, 0.2) is 48.9 Å². The minimum atomic E-state index is 0.250. The summed E-state index contributed by atoms with van der Waals surface area (Å²) >= 11 is 0. The molecule has 0 radical (unpaired) electrons. The highest BCUT2D eigenvalue weighted by Gasteiger charge is 2.19. The quantitative estimate of drug-likeness (QED) is 0.341. The number of hydrogen-bond acceptors (Lipinski definition) is 9. The van der Waals surface area contributed by atoms with Gasteiger partial charge in [-0.25, -0.2) is 15.0 Å². The highest BCUT2D eigenvalue weighted by molar-refractivity contribution is 5.92. The van der Waals surface area contributed by atoms with Crippen molar-refractivity contribution in [1.82, 2.24) is 24.8 Å². The number of morpholine rings is 1. The number of likely N-dealkylation sites (tertiary alicyclic amines) is 1. The number of nitrogen functional groups attached to an aromatic ring is 1. The average Bonchev–Trinajstić information content (AvgIpc) is 3.39. The van der Waals surface area contributed by atoms with Crippen LogP contribution in [-0.2, 0) is 17.9 Å². The Balaban J connectivity index is 1.13. The highest BCUT2D eigenvalue weighted by atomic mass is 16.5. The molecule has 4 aromatic rings. The predicted octanol–water partition coefficient (Wildman–Crippen LogP) is 2.94. The Morgan fingerprint density at radius 3 is 2.71 bits per heavy atom. The maximum absolute atomic E-state index is 6.16. The number of aromatic amines is 1. The maximum atomic E-state index is 6.16. The molecular formula is C28H34N8O2. The van der Waals surface area contributed by atoms with Gasteiger partial charge in [0.2, 0.25) is 0 Å². The average molecular weight is 515 g/mol. The van der Waals surface area contributed by atoms with Crippen LogP contribution in [0.2, 0.25) is 0 Å². The van der Waals surface area contributed by atoms with Crippen LogP contribution >= 0.6 is 0 Å². The number of anilines is 2. The van der Waals surface area contributed by atoms with E-state index in [1.807, 2.05) is 30.5 Å². The Hall–Kier alpha value is -3.73. The predicted molar refractivity (Wildman–Crippen MR) is 148 cm³/mol. The molecule has 0 unspecified atom stereocenters. The third-order valence-corrected chi connectivity index (χ3v) is 7.28. The number of hydrogen-bond donors (Lipinski definition) is 3. The van der Waals surface area contributed by atoms with Crippen molar-refractivity contribution in [3.8, 4) is 17.0 Å². The van der Waals surface area contributed by atoms with Crippen molar-refractivity contribution in [3.05, 3.63) is 60.0 Å². The van der Waals surface area contributed by atoms with Crippen molar-refractivity contribution in [2.75, 3.05) is 50.0 Å². The molecule has 10 heteroatoms. The molecule has 38 heavy (non-hydrogen) atoms. The fraction of sp³-hybridized carbons (Fsp3) is 0.393. The third kappa shape index (κ3) is 5.42. The van der Waals surface area contributed by atoms with E-state index in [2.05, 4.69) is 41.9 Å². The van der Waals surface area contributed by atoms with Gasteiger partial charge in [-0.05, 0) is 66.9 Å². The molecule has 10 nitrogen and oxygen atoms in total. The zero-order valence-electron chi connectivity index (χ0n) is 21.5. The number of piperidine rings is 1. The first kappa shape index (κ1) is 24.6. The molecule has 2 fully saturated rings. The zero-order chi connectivity index (χ0) is 25.9. The summed E-state index contributed by atoms with van der Waals surface area (Å²) in [5.41, 5.74) is 17.2. The summed E-state index contributed by atoms with van der Waals surface area (Å²) in [6, 6.07) is 12.5. The molecule has 198 valence electrons. The fourth-order valence-electron chi connectivity index (χ4n) is 5.27. The molecule has 5 N–H and O–H groups in total. The molecule has 0 amide bonds. The maximum Gasteiger partial charge on any atom is 0.143 e. The summed E-state index contributed by atoms with van der Waals surface area (Å²) in [4.78, 5) is 21.5. The van der Waals surface area contributed by atoms with Gasteiger partial charge >= 0.3 is 0 Å². The van der Waals surface area contributed by atoms with Crippen LogP contribution in [0, 0.1) is 0 Å². The van der Waals surface area contributed by atoms with Crippen molar-refractivity contribution < 1.29 is 9.47 Å². The molecule has 2 saturated heterocycles. The smallest absolute Gasteiger partial charge is 0.143 e. The van der Waals surface area contributed by atoms with Crippen LogP contribution in [0.1, 0.15) is 24.0 Å². The molecule has 0 saturated carbocycles. The van der Waals surface area contributed by atoms with E-state index in [4.69, 9.17) is 20.9 Å². The second-order valence-electron chi connectivity index (χ2n) is 10.1. The standard InChI is InChI=1S/C28H34N8O2/c29-22-2-1-7-35(16-22)15-19-12-21(26(30)31-14-19)17-38-23-5-3-20(4-6-23)25-13-24-27(34-25)32-18-33-28(24)36-8-10-37-11-9-36/h3-6,12-14,18,22H,1-2,7-11,15-17,29H2,(H2,30,31)(H,32,33,34)/t22-/m1/s1. The van der Waals surface area contributed by atoms with Gasteiger partial charge in [-0.3, -0.25) is 4.90 Å². The van der Waals surface area contributed by atoms with E-state index in [1.165, 1.54) is 0 Å². The Morgan fingerprint density at radius 1 is 1.05 bits per heavy atom. The lowest BCUT2D eigenvalue weighted by molar-refractivity contribution is 0.122. The van der Waals surface area contributed by atoms with E-state index in [0.717, 1.165) is 90.6 Å². The Labute approximate surface area is 222 Å². The Bertz CT molecular complexity index is 1380. The van der Waals surface area contributed by atoms with E-state index in [9.17, 15) is 0 Å². The molecule has 6 rings (SSSR count). The zero-order valence-corrected chi connectivity index (χ0v) is 21.5. The summed E-state index contributed by atoms with van der Waals surface area (Å²) in [5.74, 6) is 2.21. The van der Waals surface area contributed by atoms with Crippen LogP contribution in [0.25, 0.3) is 22.3 Å². The van der Waals surface area contributed by atoms with E-state index in [0.29, 0.717) is 25.6 Å². The van der Waals surface area contributed by atoms with Gasteiger partial charge in [-0.15, -0.1) is 0 Å². The van der Waals surface area contributed by atoms with E-state index in [-0.39, 0.29) is 6.04 Å². The number of nitrogens with zero attached hydrogens (tertiary/aromatic N) is 5. The van der Waals surface area contributed by atoms with Crippen LogP contribution in [0.4, 0.5) is 11.6 Å². The number of pyridine rings is 1. The second kappa shape index (κ2) is 10.9. The summed E-state index contributed by atoms with van der Waals surface area (Å²) in [5, 5.41) is 1.01. The summed E-state index contributed by atoms with van der Waals surface area (Å²) < 4.78 is 11.6. The largest absolute Gasteiger partial charge is 0.489 e. The lowest BCUT2D eigenvalue weighted by atomic mass is 10.1. The normalized spacial score (nSPS) is 18.7. The summed E-state index contributed by atoms with van der Waals surface area (Å²) in [6.07, 6.45) is 5.69. The van der Waals surface area contributed by atoms with Crippen molar-refractivity contribution in [3.63, 3.8) is 0 Å². The van der Waals surface area contributed by atoms with Crippen LogP contribution in [0.5, 0.6) is 5.75 Å². The van der Waals surface area contributed by atoms with E-state index < -0.39 is 0 Å². The molecule has 3 aromatic heterocycles. The number of nitrogens with one attached hydrogen (secondary N) is 1. The topological polar surface area (TPSA) is 131 Å². The van der Waals surface area contributed by atoms with Gasteiger partial charge in [0.15, 0.2) is 0 Å². The van der Waals surface area contributed by atoms with Gasteiger partial charge in [0.05, 0.1) is 18.6 Å². The number of fused-ring (bicyclic) bond motifs is 1. The van der Waals surface area contributed by atoms with Crippen molar-refractivity contribution in [2.24, 2.45) is 5.73 Å². The van der Waals surface area contributed by atoms with Gasteiger partial charge < -0.3 is 30.8 Å². The molecule has 1 atom stereocenters. The van der Waals surface area contributed by atoms with Crippen molar-refractivity contribution in [1.29, 1.82) is 0 Å². The minimum absolute atomic E-state index is 0.250. The molecule has 2 aliphatic heterocycles. The molecule has 1 aromatic carbocycles. The molecule has 0 bridgehead atoms. The summed E-state index contributed by atoms with van der Waals surface area (Å²) in [6.45, 7) is 6.24. The van der Waals surface area contributed by atoms with Crippen molar-refractivity contribution >= 4 is 22.7 Å². The van der Waals surface area contributed by atoms with E-state index >= 15 is 0 Å². The molecule has 2 aliphatic rings. The first-order valence-electron chi connectivity index (χ1n) is 13.2. The van der Waals surface area contributed by atoms with Gasteiger partial charge in [-0.2, -0.15) is 0 Å². The lowest BCUT2D eigenvalue weighted by Crippen LogP contribution is -2.42. The van der Waals surface area contributed by atoms with Crippen LogP contribution in [-0.4, -0.2) is 70.3 Å². The number of rotatable bonds is 7. The molecular weight excluding hydrogens is 480 g/mol. The summed E-state index contributed by atoms with van der Waals surface area (Å²) in [7, 11) is 0. The van der Waals surface area contributed by atoms with Crippen LogP contribution in [0.3, 0.4) is 0 Å². The molecule has 5 heterocycles. The Morgan fingerprint density at radius 2 is 1.89 bits per heavy atom. The number of ether oxygens (including phenoxy) is 2. The van der Waals surface area contributed by atoms with Crippen molar-refractivity contribution in [2.45, 2.75) is 32.0 Å². The van der Waals surface area contributed by atoms with Gasteiger partial charge in [0, 0.05) is 49.7 Å². The fourth-order valence-corrected chi connectivity index (χ4v) is 5.27. The van der Waals surface area contributed by atoms with Gasteiger partial charge in [0.25, 0.3) is 0 Å². The number of aromatic nitrogens is 4. The first-order chi connectivity index (χ1) is 18.6. The second-order valence-corrected chi connectivity index (χ2v) is 10.1. The molecule has 0 spiro atoms. The first-order valence-corrected chi connectivity index (χ1v) is 13.2. The highest BCUT2D eigenvalue weighted by Crippen LogP contribution is 2.30. The Kier molecular flexibility index (Phi) is 7.08. The minimum Gasteiger partial charge on any atom is -0.489 e. The SMILES string of the molecule is Nc1ncc(CN2CCC[C@@H](N)C2)cc1COc1ccc(-c2cc3c(N4CCOCC4)ncnc3[nH]2)cc1. The van der Waals surface area contributed by atoms with Crippen LogP contribution < -0.4 is 21.1 Å². The molecule has 0 aliphatic carbocycles. The van der Waals surface area contributed by atoms with E-state index in [1.54, 1.807) is 6.33 Å². The number of H-pyrrole nitrogens is 1. The number of benzene rings is 1. The monoisotopic (exact) mass is 514 g/mol. The number of nitrogens with two attached hydrogens (primary N) is 2. The lowest BCUT2D eigenvalue weighted by Gasteiger charge is -2.30. The van der Waals surface area contributed by atoms with Gasteiger partial charge in [0.1, 0.15) is 36.0 Å². The third-order valence-electron chi connectivity index (χ3n) is 7.28. The van der Waals surface area contributed by atoms with Gasteiger partial charge in [-0.1, -0.05) is 0 Å².